The highest BCUT2D eigenvalue weighted by Crippen LogP contribution is 2.18. The minimum atomic E-state index is -0.384. The van der Waals surface area contributed by atoms with Crippen molar-refractivity contribution in [1.29, 1.82) is 0 Å². The van der Waals surface area contributed by atoms with Crippen LogP contribution in [0, 0.1) is 13.8 Å². The van der Waals surface area contributed by atoms with E-state index in [1.807, 2.05) is 19.9 Å². The maximum Gasteiger partial charge on any atom is 0.321 e. The summed E-state index contributed by atoms with van der Waals surface area (Å²) in [6.45, 7) is 5.20. The fourth-order valence-electron chi connectivity index (χ4n) is 1.85. The number of thioether (sulfide) groups is 1. The molecule has 6 nitrogen and oxygen atoms in total. The van der Waals surface area contributed by atoms with E-state index < -0.39 is 0 Å². The van der Waals surface area contributed by atoms with Crippen LogP contribution < -0.4 is 10.1 Å². The van der Waals surface area contributed by atoms with Crippen molar-refractivity contribution in [2.45, 2.75) is 25.9 Å². The number of ether oxygens (including phenoxy) is 1. The molecule has 1 aromatic heterocycles. The number of carbonyl (C=O) groups is 2. The van der Waals surface area contributed by atoms with Crippen LogP contribution in [0.2, 0.25) is 0 Å². The van der Waals surface area contributed by atoms with Crippen LogP contribution in [0.3, 0.4) is 0 Å². The van der Waals surface area contributed by atoms with Crippen LogP contribution in [0.15, 0.2) is 35.5 Å². The first kappa shape index (κ1) is 17.0. The third-order valence-corrected chi connectivity index (χ3v) is 3.51. The van der Waals surface area contributed by atoms with Gasteiger partial charge in [0.25, 0.3) is 0 Å². The number of nitrogens with one attached hydrogen (secondary N) is 1. The Balaban J connectivity index is 1.88. The number of anilines is 1. The van der Waals surface area contributed by atoms with Crippen LogP contribution in [0.1, 0.15) is 18.3 Å². The monoisotopic (exact) mass is 331 g/mol. The molecule has 0 aliphatic heterocycles. The van der Waals surface area contributed by atoms with E-state index in [9.17, 15) is 9.59 Å². The summed E-state index contributed by atoms with van der Waals surface area (Å²) < 4.78 is 5.23. The molecular formula is C16H17N3O3S. The highest BCUT2D eigenvalue weighted by molar-refractivity contribution is 7.99. The van der Waals surface area contributed by atoms with Crippen LogP contribution in [-0.4, -0.2) is 27.6 Å². The van der Waals surface area contributed by atoms with E-state index in [2.05, 4.69) is 15.3 Å². The van der Waals surface area contributed by atoms with Crippen molar-refractivity contribution < 1.29 is 14.3 Å². The molecular weight excluding hydrogens is 314 g/mol. The molecule has 0 radical (unpaired) electrons. The second-order valence-electron chi connectivity index (χ2n) is 4.90. The minimum absolute atomic E-state index is 0.121. The first-order chi connectivity index (χ1) is 10.9. The summed E-state index contributed by atoms with van der Waals surface area (Å²) in [5, 5.41) is 3.20. The molecule has 23 heavy (non-hydrogen) atoms. The average Bonchev–Trinajstić information content (AvgIpc) is 2.46. The number of esters is 1. The summed E-state index contributed by atoms with van der Waals surface area (Å²) >= 11 is 1.23. The standard InChI is InChI=1S/C16H17N3O3S/c1-10-8-11(2)18-16(17-10)23-9-15(21)22-14-6-4-13(5-7-14)19-12(3)20/h4-8H,9H2,1-3H3,(H,19,20). The highest BCUT2D eigenvalue weighted by Gasteiger charge is 2.08. The van der Waals surface area contributed by atoms with Crippen LogP contribution in [-0.2, 0) is 9.59 Å². The lowest BCUT2D eigenvalue weighted by molar-refractivity contribution is -0.131. The van der Waals surface area contributed by atoms with Gasteiger partial charge in [-0.1, -0.05) is 11.8 Å². The van der Waals surface area contributed by atoms with E-state index in [4.69, 9.17) is 4.74 Å². The van der Waals surface area contributed by atoms with Crippen molar-refractivity contribution in [2.75, 3.05) is 11.1 Å². The summed E-state index contributed by atoms with van der Waals surface area (Å²) in [7, 11) is 0. The lowest BCUT2D eigenvalue weighted by Gasteiger charge is -2.06. The second-order valence-corrected chi connectivity index (χ2v) is 5.84. The normalized spacial score (nSPS) is 10.2. The van der Waals surface area contributed by atoms with Crippen LogP contribution in [0.4, 0.5) is 5.69 Å². The Labute approximate surface area is 138 Å². The molecule has 7 heteroatoms. The molecule has 0 unspecified atom stereocenters. The van der Waals surface area contributed by atoms with Crippen molar-refractivity contribution in [3.05, 3.63) is 41.7 Å². The lowest BCUT2D eigenvalue weighted by Crippen LogP contribution is -2.11. The third kappa shape index (κ3) is 5.71. The van der Waals surface area contributed by atoms with Gasteiger partial charge in [0.05, 0.1) is 5.75 Å². The van der Waals surface area contributed by atoms with Crippen molar-refractivity contribution >= 4 is 29.3 Å². The van der Waals surface area contributed by atoms with E-state index in [1.54, 1.807) is 24.3 Å². The van der Waals surface area contributed by atoms with E-state index in [0.717, 1.165) is 11.4 Å². The molecule has 0 aliphatic rings. The Hall–Kier alpha value is -2.41. The largest absolute Gasteiger partial charge is 0.426 e. The number of hydrogen-bond acceptors (Lipinski definition) is 6. The predicted octanol–water partition coefficient (Wildman–Crippen LogP) is 2.75. The number of benzene rings is 1. The fraction of sp³-hybridized carbons (Fsp3) is 0.250. The Morgan fingerprint density at radius 3 is 2.30 bits per heavy atom. The molecule has 0 fully saturated rings. The van der Waals surface area contributed by atoms with Gasteiger partial charge >= 0.3 is 5.97 Å². The first-order valence-corrected chi connectivity index (χ1v) is 7.94. The number of aromatic nitrogens is 2. The van der Waals surface area contributed by atoms with E-state index in [-0.39, 0.29) is 17.6 Å². The van der Waals surface area contributed by atoms with Crippen LogP contribution in [0.5, 0.6) is 5.75 Å². The first-order valence-electron chi connectivity index (χ1n) is 6.96. The average molecular weight is 331 g/mol. The molecule has 1 aromatic carbocycles. The van der Waals surface area contributed by atoms with Crippen LogP contribution in [0.25, 0.3) is 0 Å². The molecule has 0 aliphatic carbocycles. The van der Waals surface area contributed by atoms with Gasteiger partial charge in [0.1, 0.15) is 5.75 Å². The van der Waals surface area contributed by atoms with Crippen molar-refractivity contribution in [3.8, 4) is 5.75 Å². The van der Waals surface area contributed by atoms with Crippen molar-refractivity contribution in [1.82, 2.24) is 9.97 Å². The highest BCUT2D eigenvalue weighted by atomic mass is 32.2. The lowest BCUT2D eigenvalue weighted by atomic mass is 10.3. The van der Waals surface area contributed by atoms with Gasteiger partial charge in [-0.2, -0.15) is 0 Å². The summed E-state index contributed by atoms with van der Waals surface area (Å²) in [6.07, 6.45) is 0. The second kappa shape index (κ2) is 7.73. The number of aryl methyl sites for hydroxylation is 2. The van der Waals surface area contributed by atoms with Gasteiger partial charge in [0, 0.05) is 24.0 Å². The molecule has 2 aromatic rings. The Morgan fingerprint density at radius 1 is 1.13 bits per heavy atom. The molecule has 1 N–H and O–H groups in total. The molecule has 0 bridgehead atoms. The fourth-order valence-corrected chi connectivity index (χ4v) is 2.58. The quantitative estimate of drug-likeness (QED) is 0.393. The van der Waals surface area contributed by atoms with Crippen molar-refractivity contribution in [2.24, 2.45) is 0 Å². The SMILES string of the molecule is CC(=O)Nc1ccc(OC(=O)CSc2nc(C)cc(C)n2)cc1. The summed E-state index contributed by atoms with van der Waals surface area (Å²) in [5.74, 6) is 0.00625. The van der Waals surface area contributed by atoms with Gasteiger partial charge in [-0.05, 0) is 44.2 Å². The molecule has 0 spiro atoms. The van der Waals surface area contributed by atoms with Gasteiger partial charge in [-0.25, -0.2) is 9.97 Å². The van der Waals surface area contributed by atoms with Crippen molar-refractivity contribution in [3.63, 3.8) is 0 Å². The number of carbonyl (C=O) groups excluding carboxylic acids is 2. The summed E-state index contributed by atoms with van der Waals surface area (Å²) in [5.41, 5.74) is 2.37. The Bertz CT molecular complexity index is 697. The molecule has 1 amide bonds. The minimum Gasteiger partial charge on any atom is -0.426 e. The molecule has 2 rings (SSSR count). The van der Waals surface area contributed by atoms with Gasteiger partial charge in [-0.3, -0.25) is 9.59 Å². The molecule has 1 heterocycles. The zero-order valence-corrected chi connectivity index (χ0v) is 13.9. The van der Waals surface area contributed by atoms with Gasteiger partial charge in [0.2, 0.25) is 5.91 Å². The summed E-state index contributed by atoms with van der Waals surface area (Å²) in [4.78, 5) is 31.3. The van der Waals surface area contributed by atoms with E-state index in [1.165, 1.54) is 18.7 Å². The third-order valence-electron chi connectivity index (χ3n) is 2.69. The topological polar surface area (TPSA) is 81.2 Å². The Morgan fingerprint density at radius 2 is 1.74 bits per heavy atom. The van der Waals surface area contributed by atoms with Crippen LogP contribution >= 0.6 is 11.8 Å². The molecule has 0 atom stereocenters. The van der Waals surface area contributed by atoms with E-state index >= 15 is 0 Å². The zero-order valence-electron chi connectivity index (χ0n) is 13.1. The number of hydrogen-bond donors (Lipinski definition) is 1. The van der Waals surface area contributed by atoms with Gasteiger partial charge in [-0.15, -0.1) is 0 Å². The zero-order chi connectivity index (χ0) is 16.8. The molecule has 120 valence electrons. The smallest absolute Gasteiger partial charge is 0.321 e. The Kier molecular flexibility index (Phi) is 5.70. The maximum absolute atomic E-state index is 11.8. The molecule has 0 saturated heterocycles. The maximum atomic E-state index is 11.8. The predicted molar refractivity (Wildman–Crippen MR) is 88.6 cm³/mol. The number of amides is 1. The number of rotatable bonds is 5. The molecule has 0 saturated carbocycles. The number of nitrogens with zero attached hydrogens (tertiary/aromatic N) is 2. The van der Waals surface area contributed by atoms with E-state index in [0.29, 0.717) is 16.6 Å². The summed E-state index contributed by atoms with van der Waals surface area (Å²) in [6, 6.07) is 8.47. The van der Waals surface area contributed by atoms with Gasteiger partial charge in [0.15, 0.2) is 5.16 Å². The van der Waals surface area contributed by atoms with Gasteiger partial charge < -0.3 is 10.1 Å².